The van der Waals surface area contributed by atoms with E-state index in [1.165, 1.54) is 4.90 Å². The molecule has 0 spiro atoms. The molecule has 20 heavy (non-hydrogen) atoms. The molecule has 0 aliphatic rings. The third kappa shape index (κ3) is 4.47. The van der Waals surface area contributed by atoms with Crippen LogP contribution in [-0.4, -0.2) is 12.2 Å². The summed E-state index contributed by atoms with van der Waals surface area (Å²) in [5.41, 5.74) is 0.773. The summed E-state index contributed by atoms with van der Waals surface area (Å²) >= 11 is 6.00. The van der Waals surface area contributed by atoms with E-state index in [1.807, 2.05) is 53.9 Å². The standard InChI is InChI=1S/C16H15NOS2/c1-18-15-10-6-5-9-14(15)17-16(19)11-12-20-13-7-3-2-4-8-13/h2-12H,1H3,(H,17,19). The predicted octanol–water partition coefficient (Wildman–Crippen LogP) is 4.96. The second kappa shape index (κ2) is 7.82. The van der Waals surface area contributed by atoms with E-state index in [2.05, 4.69) is 29.8 Å². The first kappa shape index (κ1) is 14.8. The van der Waals surface area contributed by atoms with Gasteiger partial charge in [-0.05, 0) is 35.7 Å². The summed E-state index contributed by atoms with van der Waals surface area (Å²) < 4.78 is 5.25. The molecular weight excluding hydrogens is 286 g/mol. The lowest BCUT2D eigenvalue weighted by Crippen LogP contribution is -1.84. The van der Waals surface area contributed by atoms with Crippen LogP contribution in [0.1, 0.15) is 0 Å². The average molecular weight is 301 g/mol. The first-order chi connectivity index (χ1) is 9.79. The van der Waals surface area contributed by atoms with Crippen LogP contribution in [0.5, 0.6) is 5.75 Å². The van der Waals surface area contributed by atoms with Gasteiger partial charge in [-0.3, -0.25) is 0 Å². The van der Waals surface area contributed by atoms with E-state index in [1.54, 1.807) is 18.9 Å². The fourth-order valence-corrected chi connectivity index (χ4v) is 2.51. The van der Waals surface area contributed by atoms with Gasteiger partial charge in [0.15, 0.2) is 0 Å². The van der Waals surface area contributed by atoms with Crippen molar-refractivity contribution < 1.29 is 4.74 Å². The van der Waals surface area contributed by atoms with E-state index in [9.17, 15) is 0 Å². The van der Waals surface area contributed by atoms with Crippen molar-refractivity contribution in [2.75, 3.05) is 7.11 Å². The van der Waals surface area contributed by atoms with Gasteiger partial charge in [0.25, 0.3) is 0 Å². The maximum absolute atomic E-state index is 5.25. The summed E-state index contributed by atoms with van der Waals surface area (Å²) in [5.74, 6) is 0.739. The molecule has 0 atom stereocenters. The topological polar surface area (TPSA) is 21.6 Å². The molecule has 4 heteroatoms. The molecule has 2 nitrogen and oxygen atoms in total. The lowest BCUT2D eigenvalue weighted by atomic mass is 10.3. The fourth-order valence-electron chi connectivity index (χ4n) is 1.56. The summed E-state index contributed by atoms with van der Waals surface area (Å²) in [6, 6.07) is 17.8. The van der Waals surface area contributed by atoms with Gasteiger partial charge in [0.05, 0.1) is 12.2 Å². The average Bonchev–Trinajstić information content (AvgIpc) is 2.49. The highest BCUT2D eigenvalue weighted by Gasteiger charge is 1.99. The second-order valence-corrected chi connectivity index (χ2v) is 5.31. The summed E-state index contributed by atoms with van der Waals surface area (Å²) in [4.78, 5) is 5.60. The Labute approximate surface area is 129 Å². The zero-order valence-corrected chi connectivity index (χ0v) is 12.8. The van der Waals surface area contributed by atoms with Gasteiger partial charge in [0.2, 0.25) is 0 Å². The molecule has 0 aliphatic carbocycles. The van der Waals surface area contributed by atoms with E-state index < -0.39 is 0 Å². The number of thioether (sulfide) groups is 1. The zero-order valence-electron chi connectivity index (χ0n) is 11.1. The first-order valence-corrected chi connectivity index (χ1v) is 7.41. The molecule has 0 saturated carbocycles. The molecular formula is C16H15NOS2. The minimum atomic E-state index is 0.637. The van der Waals surface area contributed by atoms with Crippen LogP contribution in [0.15, 0.2) is 76.0 Å². The molecule has 0 radical (unpaired) electrons. The van der Waals surface area contributed by atoms with E-state index in [0.29, 0.717) is 5.04 Å². The third-order valence-corrected chi connectivity index (χ3v) is 3.55. The molecule has 2 aromatic carbocycles. The van der Waals surface area contributed by atoms with Crippen LogP contribution in [-0.2, 0) is 0 Å². The van der Waals surface area contributed by atoms with Crippen molar-refractivity contribution in [3.8, 4) is 5.75 Å². The van der Waals surface area contributed by atoms with Crippen LogP contribution in [0.4, 0.5) is 5.69 Å². The van der Waals surface area contributed by atoms with Crippen LogP contribution in [0.2, 0.25) is 0 Å². The van der Waals surface area contributed by atoms with Crippen LogP contribution in [0.3, 0.4) is 0 Å². The van der Waals surface area contributed by atoms with Crippen molar-refractivity contribution >= 4 is 35.1 Å². The number of nitrogens with zero attached hydrogens (tertiary/aromatic N) is 1. The van der Waals surface area contributed by atoms with Crippen LogP contribution < -0.4 is 4.74 Å². The molecule has 0 aromatic heterocycles. The number of para-hydroxylation sites is 2. The third-order valence-electron chi connectivity index (χ3n) is 2.48. The highest BCUT2D eigenvalue weighted by atomic mass is 32.2. The molecule has 0 fully saturated rings. The lowest BCUT2D eigenvalue weighted by Gasteiger charge is -2.03. The minimum Gasteiger partial charge on any atom is -0.494 e. The summed E-state index contributed by atoms with van der Waals surface area (Å²) in [7, 11) is 1.63. The quantitative estimate of drug-likeness (QED) is 0.365. The number of ether oxygens (including phenoxy) is 1. The Balaban J connectivity index is 2.04. The van der Waals surface area contributed by atoms with Gasteiger partial charge in [-0.15, -0.1) is 12.6 Å². The normalized spacial score (nSPS) is 11.8. The van der Waals surface area contributed by atoms with Crippen molar-refractivity contribution in [3.05, 3.63) is 66.1 Å². The highest BCUT2D eigenvalue weighted by Crippen LogP contribution is 2.27. The van der Waals surface area contributed by atoms with E-state index >= 15 is 0 Å². The van der Waals surface area contributed by atoms with Gasteiger partial charge in [0.1, 0.15) is 11.4 Å². The van der Waals surface area contributed by atoms with Crippen LogP contribution in [0.25, 0.3) is 0 Å². The number of benzene rings is 2. The zero-order chi connectivity index (χ0) is 14.2. The Kier molecular flexibility index (Phi) is 5.77. The van der Waals surface area contributed by atoms with Gasteiger partial charge in [-0.2, -0.15) is 0 Å². The smallest absolute Gasteiger partial charge is 0.144 e. The molecule has 0 heterocycles. The van der Waals surface area contributed by atoms with Crippen molar-refractivity contribution in [2.45, 2.75) is 4.90 Å². The fraction of sp³-hybridized carbons (Fsp3) is 0.0625. The second-order valence-electron chi connectivity index (χ2n) is 3.88. The Morgan fingerprint density at radius 3 is 2.55 bits per heavy atom. The Morgan fingerprint density at radius 2 is 1.80 bits per heavy atom. The van der Waals surface area contributed by atoms with Crippen molar-refractivity contribution in [1.82, 2.24) is 0 Å². The Bertz CT molecular complexity index is 609. The SMILES string of the molecule is COc1ccccc1N=C(S)C=CSc1ccccc1. The molecule has 0 aliphatic heterocycles. The van der Waals surface area contributed by atoms with Crippen LogP contribution in [0, 0.1) is 0 Å². The molecule has 2 aromatic rings. The van der Waals surface area contributed by atoms with Gasteiger partial charge >= 0.3 is 0 Å². The van der Waals surface area contributed by atoms with Crippen LogP contribution >= 0.6 is 24.4 Å². The van der Waals surface area contributed by atoms with E-state index in [0.717, 1.165) is 11.4 Å². The molecule has 0 bridgehead atoms. The first-order valence-electron chi connectivity index (χ1n) is 6.08. The summed E-state index contributed by atoms with van der Waals surface area (Å²) in [5, 5.41) is 2.61. The van der Waals surface area contributed by atoms with Gasteiger partial charge in [0, 0.05) is 4.90 Å². The van der Waals surface area contributed by atoms with Crippen molar-refractivity contribution in [3.63, 3.8) is 0 Å². The number of hydrogen-bond donors (Lipinski definition) is 1. The Hall–Kier alpha value is -1.65. The largest absolute Gasteiger partial charge is 0.494 e. The number of aliphatic imine (C=N–C) groups is 1. The molecule has 2 rings (SSSR count). The van der Waals surface area contributed by atoms with Gasteiger partial charge in [-0.1, -0.05) is 42.1 Å². The summed E-state index contributed by atoms with van der Waals surface area (Å²) in [6.07, 6.45) is 1.87. The van der Waals surface area contributed by atoms with Gasteiger partial charge in [-0.25, -0.2) is 4.99 Å². The highest BCUT2D eigenvalue weighted by molar-refractivity contribution is 8.02. The lowest BCUT2D eigenvalue weighted by molar-refractivity contribution is 0.416. The van der Waals surface area contributed by atoms with E-state index in [4.69, 9.17) is 4.74 Å². The monoisotopic (exact) mass is 301 g/mol. The molecule has 0 unspecified atom stereocenters. The van der Waals surface area contributed by atoms with Crippen molar-refractivity contribution in [1.29, 1.82) is 0 Å². The maximum Gasteiger partial charge on any atom is 0.144 e. The van der Waals surface area contributed by atoms with E-state index in [-0.39, 0.29) is 0 Å². The number of rotatable bonds is 5. The molecule has 0 saturated heterocycles. The number of hydrogen-bond acceptors (Lipinski definition) is 3. The maximum atomic E-state index is 5.25. The van der Waals surface area contributed by atoms with Gasteiger partial charge < -0.3 is 4.74 Å². The molecule has 102 valence electrons. The molecule has 0 N–H and O–H groups in total. The Morgan fingerprint density at radius 1 is 1.10 bits per heavy atom. The number of thiol groups is 1. The summed E-state index contributed by atoms with van der Waals surface area (Å²) in [6.45, 7) is 0. The van der Waals surface area contributed by atoms with Crippen molar-refractivity contribution in [2.24, 2.45) is 4.99 Å². The minimum absolute atomic E-state index is 0.637. The number of methoxy groups -OCH3 is 1. The predicted molar refractivity (Wildman–Crippen MR) is 90.5 cm³/mol. The molecule has 0 amide bonds.